The summed E-state index contributed by atoms with van der Waals surface area (Å²) >= 11 is 18.8. The minimum atomic E-state index is -4.41. The number of fused-ring (bicyclic) bond motifs is 2. The number of rotatable bonds is 9. The van der Waals surface area contributed by atoms with Crippen molar-refractivity contribution in [1.82, 2.24) is 0 Å². The van der Waals surface area contributed by atoms with Crippen molar-refractivity contribution in [2.45, 2.75) is 26.8 Å². The molecule has 0 saturated carbocycles. The molecule has 0 radical (unpaired) electrons. The van der Waals surface area contributed by atoms with Crippen LogP contribution in [0, 0.1) is 17.0 Å². The number of halogens is 3. The fourth-order valence-electron chi connectivity index (χ4n) is 5.12. The van der Waals surface area contributed by atoms with Crippen LogP contribution in [-0.4, -0.2) is 56.3 Å². The number of hydrogen-bond acceptors (Lipinski definition) is 8. The number of aryl methyl sites for hydroxylation is 1. The normalized spacial score (nSPS) is 14.2. The first-order valence-electron chi connectivity index (χ1n) is 13.1. The predicted octanol–water partition coefficient (Wildman–Crippen LogP) is 5.70. The van der Waals surface area contributed by atoms with Crippen LogP contribution in [0.2, 0.25) is 15.1 Å². The fourth-order valence-corrected chi connectivity index (χ4v) is 8.40. The Balaban J connectivity index is 1.68. The predicted molar refractivity (Wildman–Crippen MR) is 169 cm³/mol. The van der Waals surface area contributed by atoms with E-state index in [0.29, 0.717) is 22.2 Å². The van der Waals surface area contributed by atoms with E-state index in [1.54, 1.807) is 12.1 Å². The number of aromatic hydroxyl groups is 1. The molecule has 0 aliphatic carbocycles. The van der Waals surface area contributed by atoms with Gasteiger partial charge in [-0.3, -0.25) is 0 Å². The Hall–Kier alpha value is -2.83. The van der Waals surface area contributed by atoms with Gasteiger partial charge in [-0.15, -0.1) is 0 Å². The number of nitro groups is 1. The molecule has 0 fully saturated rings. The number of aromatic nitrogens is 1. The van der Waals surface area contributed by atoms with E-state index < -0.39 is 32.2 Å². The van der Waals surface area contributed by atoms with E-state index >= 15 is 0 Å². The van der Waals surface area contributed by atoms with E-state index in [1.165, 1.54) is 12.1 Å². The fraction of sp³-hybridized carbons (Fsp3) is 0.250. The first kappa shape index (κ1) is 31.6. The summed E-state index contributed by atoms with van der Waals surface area (Å²) in [6, 6.07) is 12.5. The monoisotopic (exact) mass is 730 g/mol. The van der Waals surface area contributed by atoms with E-state index in [9.17, 15) is 28.2 Å². The van der Waals surface area contributed by atoms with Crippen LogP contribution in [0.4, 0.5) is 17.1 Å². The van der Waals surface area contributed by atoms with Crippen LogP contribution in [0.3, 0.4) is 0 Å². The van der Waals surface area contributed by atoms with Crippen LogP contribution in [0.1, 0.15) is 29.0 Å². The maximum atomic E-state index is 11.6. The van der Waals surface area contributed by atoms with Crippen molar-refractivity contribution < 1.29 is 27.6 Å². The van der Waals surface area contributed by atoms with Crippen molar-refractivity contribution in [1.29, 1.82) is 0 Å². The van der Waals surface area contributed by atoms with E-state index in [1.807, 2.05) is 35.8 Å². The first-order chi connectivity index (χ1) is 20.3. The van der Waals surface area contributed by atoms with Gasteiger partial charge in [0.1, 0.15) is 0 Å². The molecular formula is C28H25Cl3N4O6SSe. The Kier molecular flexibility index (Phi) is 9.02. The number of phenolic OH excluding ortho intramolecular Hbond substituents is 1. The second-order valence-electron chi connectivity index (χ2n) is 9.97. The number of benzene rings is 3. The molecule has 15 heteroatoms. The van der Waals surface area contributed by atoms with Crippen LogP contribution >= 0.6 is 34.8 Å². The molecule has 226 valence electrons. The molecule has 43 heavy (non-hydrogen) atoms. The topological polar surface area (TPSA) is 131 Å². The number of phenols is 1. The van der Waals surface area contributed by atoms with Gasteiger partial charge in [0, 0.05) is 0 Å². The number of nitrogens with zero attached hydrogens (tertiary/aromatic N) is 4. The van der Waals surface area contributed by atoms with Gasteiger partial charge in [-0.2, -0.15) is 0 Å². The molecule has 1 aromatic heterocycles. The average Bonchev–Trinajstić information content (AvgIpc) is 3.39. The van der Waals surface area contributed by atoms with Gasteiger partial charge in [0.05, 0.1) is 0 Å². The molecule has 0 bridgehead atoms. The Morgan fingerprint density at radius 1 is 1.05 bits per heavy atom. The quantitative estimate of drug-likeness (QED) is 0.0764. The van der Waals surface area contributed by atoms with Crippen LogP contribution in [-0.2, 0) is 16.7 Å². The van der Waals surface area contributed by atoms with Gasteiger partial charge in [0.2, 0.25) is 0 Å². The van der Waals surface area contributed by atoms with Gasteiger partial charge >= 0.3 is 270 Å². The van der Waals surface area contributed by atoms with Crippen LogP contribution in [0.5, 0.6) is 5.75 Å². The number of anilines is 2. The summed E-state index contributed by atoms with van der Waals surface area (Å²) in [6.45, 7) is 4.99. The number of hydrogen-bond donors (Lipinski definition) is 1. The Morgan fingerprint density at radius 3 is 2.35 bits per heavy atom. The summed E-state index contributed by atoms with van der Waals surface area (Å²) in [5.41, 5.74) is 3.57. The zero-order valence-corrected chi connectivity index (χ0v) is 27.7. The summed E-state index contributed by atoms with van der Waals surface area (Å²) < 4.78 is 38.3. The molecule has 10 nitrogen and oxygen atoms in total. The van der Waals surface area contributed by atoms with Gasteiger partial charge in [0.15, 0.2) is 0 Å². The Labute approximate surface area is 269 Å². The standard InChI is InChI=1S/C28H25Cl3N4O6SSe/c1-3-32-21-12-18(29)19(30)13-22(21)33(7-4-8-42(39,40)41)26(32)14-27-34(23-9-16(2)5-6-25(23)43-27)15-17-10-20(31)28(36)24(11-17)35(37)38/h5-6,9-14H,3-4,7-8,15H2,1-2H3,(H-,36,39,40,41). The number of nitro benzene ring substituents is 1. The molecule has 4 aromatic rings. The van der Waals surface area contributed by atoms with Crippen LogP contribution in [0.15, 0.2) is 48.3 Å². The van der Waals surface area contributed by atoms with Crippen LogP contribution in [0.25, 0.3) is 15.9 Å². The third-order valence-electron chi connectivity index (χ3n) is 7.02. The van der Waals surface area contributed by atoms with Gasteiger partial charge in [-0.25, -0.2) is 0 Å². The minimum absolute atomic E-state index is 0.0969. The van der Waals surface area contributed by atoms with Crippen molar-refractivity contribution in [3.8, 4) is 5.75 Å². The van der Waals surface area contributed by atoms with Gasteiger partial charge in [0.25, 0.3) is 0 Å². The third-order valence-corrected chi connectivity index (χ3v) is 11.2. The molecule has 1 aliphatic heterocycles. The molecule has 2 heterocycles. The van der Waals surface area contributed by atoms with Crippen molar-refractivity contribution in [2.24, 2.45) is 0 Å². The first-order valence-corrected chi connectivity index (χ1v) is 17.5. The molecule has 3 aromatic carbocycles. The summed E-state index contributed by atoms with van der Waals surface area (Å²) in [6.07, 6.45) is 2.11. The summed E-state index contributed by atoms with van der Waals surface area (Å²) in [4.78, 5) is 14.9. The molecule has 0 atom stereocenters. The SMILES string of the molecule is CCN1C(=Cc2[se]c3ccc(C)cc3[n+]2Cc2cc(Cl)c(O)c([N+](=O)[O-])c2)N(CCCS(=O)(=O)[O-])c2cc(Cl)c(Cl)cc21. The van der Waals surface area contributed by atoms with Gasteiger partial charge < -0.3 is 0 Å². The molecule has 0 spiro atoms. The third kappa shape index (κ3) is 6.51. The zero-order chi connectivity index (χ0) is 31.2. The van der Waals surface area contributed by atoms with Gasteiger partial charge in [-0.1, -0.05) is 0 Å². The summed E-state index contributed by atoms with van der Waals surface area (Å²) in [5.74, 6) is -0.351. The van der Waals surface area contributed by atoms with E-state index in [0.717, 1.165) is 37.1 Å². The van der Waals surface area contributed by atoms with E-state index in [-0.39, 0.29) is 39.0 Å². The van der Waals surface area contributed by atoms with Crippen molar-refractivity contribution >= 4 is 92.3 Å². The second-order valence-corrected chi connectivity index (χ2v) is 14.9. The molecular weight excluding hydrogens is 706 g/mol. The van der Waals surface area contributed by atoms with Gasteiger partial charge in [-0.05, 0) is 0 Å². The molecule has 0 saturated heterocycles. The Bertz CT molecular complexity index is 1910. The molecule has 1 aliphatic rings. The second kappa shape index (κ2) is 12.3. The van der Waals surface area contributed by atoms with Crippen LogP contribution < -0.4 is 14.4 Å². The molecule has 5 rings (SSSR count). The molecule has 0 amide bonds. The maximum absolute atomic E-state index is 11.6. The molecule has 0 unspecified atom stereocenters. The van der Waals surface area contributed by atoms with E-state index in [2.05, 4.69) is 16.7 Å². The average molecular weight is 731 g/mol. The Morgan fingerprint density at radius 2 is 1.72 bits per heavy atom. The molecule has 1 N–H and O–H groups in total. The van der Waals surface area contributed by atoms with Crippen molar-refractivity contribution in [2.75, 3.05) is 28.6 Å². The summed E-state index contributed by atoms with van der Waals surface area (Å²) in [5, 5.41) is 22.3. The van der Waals surface area contributed by atoms with E-state index in [4.69, 9.17) is 34.8 Å². The van der Waals surface area contributed by atoms with Crippen molar-refractivity contribution in [3.05, 3.63) is 89.2 Å². The summed E-state index contributed by atoms with van der Waals surface area (Å²) in [7, 11) is -4.41. The zero-order valence-electron chi connectivity index (χ0n) is 22.9. The van der Waals surface area contributed by atoms with Crippen molar-refractivity contribution in [3.63, 3.8) is 0 Å².